The predicted molar refractivity (Wildman–Crippen MR) is 96.9 cm³/mol. The zero-order valence-electron chi connectivity index (χ0n) is 13.7. The molecule has 5 heteroatoms. The van der Waals surface area contributed by atoms with E-state index in [1.54, 1.807) is 6.20 Å². The topological polar surface area (TPSA) is 57.3 Å². The second kappa shape index (κ2) is 6.51. The first-order chi connectivity index (χ1) is 11.8. The molecule has 1 aromatic heterocycles. The molecule has 24 heavy (non-hydrogen) atoms. The smallest absolute Gasteiger partial charge is 0.256 e. The minimum atomic E-state index is -0.0636. The third-order valence-electron chi connectivity index (χ3n) is 4.78. The lowest BCUT2D eigenvalue weighted by Gasteiger charge is -2.20. The Kier molecular flexibility index (Phi) is 4.07. The summed E-state index contributed by atoms with van der Waals surface area (Å²) in [5, 5.41) is 6.34. The molecular weight excluding hydrogens is 300 g/mol. The van der Waals surface area contributed by atoms with E-state index in [9.17, 15) is 4.79 Å². The van der Waals surface area contributed by atoms with Crippen LogP contribution in [0.2, 0.25) is 0 Å². The van der Waals surface area contributed by atoms with Crippen LogP contribution in [0.1, 0.15) is 35.2 Å². The van der Waals surface area contributed by atoms with Crippen molar-refractivity contribution in [2.45, 2.75) is 25.7 Å². The Labute approximate surface area is 142 Å². The molecular formula is C19H22N4O. The molecule has 0 atom stereocenters. The molecule has 4 rings (SSSR count). The normalized spacial score (nSPS) is 16.4. The van der Waals surface area contributed by atoms with E-state index in [0.717, 1.165) is 60.8 Å². The first kappa shape index (κ1) is 15.0. The van der Waals surface area contributed by atoms with Gasteiger partial charge in [0.2, 0.25) is 0 Å². The fraction of sp³-hybridized carbons (Fsp3) is 0.368. The van der Waals surface area contributed by atoms with Gasteiger partial charge >= 0.3 is 0 Å². The number of fused-ring (bicyclic) bond motifs is 1. The van der Waals surface area contributed by atoms with Gasteiger partial charge in [-0.2, -0.15) is 0 Å². The van der Waals surface area contributed by atoms with Gasteiger partial charge in [0.1, 0.15) is 5.82 Å². The number of carbonyl (C=O) groups excluding carboxylic acids is 1. The maximum atomic E-state index is 12.7. The highest BCUT2D eigenvalue weighted by Crippen LogP contribution is 2.26. The summed E-state index contributed by atoms with van der Waals surface area (Å²) in [6, 6.07) is 9.79. The Hall–Kier alpha value is -2.56. The zero-order valence-corrected chi connectivity index (χ0v) is 13.7. The molecule has 0 spiro atoms. The number of amides is 1. The largest absolute Gasteiger partial charge is 0.385 e. The van der Waals surface area contributed by atoms with Crippen molar-refractivity contribution in [2.24, 2.45) is 0 Å². The fourth-order valence-corrected chi connectivity index (χ4v) is 3.51. The number of anilines is 3. The van der Waals surface area contributed by atoms with Crippen molar-refractivity contribution in [3.8, 4) is 0 Å². The van der Waals surface area contributed by atoms with E-state index < -0.39 is 0 Å². The van der Waals surface area contributed by atoms with Gasteiger partial charge in [0.15, 0.2) is 0 Å². The maximum Gasteiger partial charge on any atom is 0.256 e. The molecule has 2 aromatic rings. The summed E-state index contributed by atoms with van der Waals surface area (Å²) < 4.78 is 0. The monoisotopic (exact) mass is 322 g/mol. The van der Waals surface area contributed by atoms with Crippen molar-refractivity contribution in [1.82, 2.24) is 4.98 Å². The van der Waals surface area contributed by atoms with Crippen LogP contribution in [0.4, 0.5) is 17.2 Å². The summed E-state index contributed by atoms with van der Waals surface area (Å²) in [6.07, 6.45) is 6.21. The lowest BCUT2D eigenvalue weighted by atomic mass is 9.97. The van der Waals surface area contributed by atoms with Crippen LogP contribution >= 0.6 is 0 Å². The first-order valence-corrected chi connectivity index (χ1v) is 8.69. The summed E-state index contributed by atoms with van der Waals surface area (Å²) in [7, 11) is 0. The van der Waals surface area contributed by atoms with Crippen molar-refractivity contribution >= 4 is 23.1 Å². The van der Waals surface area contributed by atoms with Gasteiger partial charge in [-0.3, -0.25) is 4.79 Å². The molecule has 0 saturated carbocycles. The van der Waals surface area contributed by atoms with Gasteiger partial charge in [-0.05, 0) is 55.5 Å². The number of hydrogen-bond acceptors (Lipinski definition) is 4. The SMILES string of the molecule is O=C(Nc1ccc(N2CCCC2)nc1)c1cccc2c1CCCN2. The molecule has 0 unspecified atom stereocenters. The molecule has 0 radical (unpaired) electrons. The summed E-state index contributed by atoms with van der Waals surface area (Å²) >= 11 is 0. The number of benzene rings is 1. The van der Waals surface area contributed by atoms with Gasteiger partial charge in [-0.25, -0.2) is 4.98 Å². The number of aromatic nitrogens is 1. The molecule has 0 aliphatic carbocycles. The second-order valence-corrected chi connectivity index (χ2v) is 6.42. The third-order valence-corrected chi connectivity index (χ3v) is 4.78. The van der Waals surface area contributed by atoms with E-state index >= 15 is 0 Å². The van der Waals surface area contributed by atoms with Gasteiger partial charge in [0.25, 0.3) is 5.91 Å². The van der Waals surface area contributed by atoms with Gasteiger partial charge in [0, 0.05) is 30.9 Å². The number of carbonyl (C=O) groups is 1. The van der Waals surface area contributed by atoms with Gasteiger partial charge in [-0.15, -0.1) is 0 Å². The molecule has 2 aliphatic rings. The average molecular weight is 322 g/mol. The predicted octanol–water partition coefficient (Wildman–Crippen LogP) is 3.29. The number of rotatable bonds is 3. The average Bonchev–Trinajstić information content (AvgIpc) is 3.16. The molecule has 3 heterocycles. The summed E-state index contributed by atoms with van der Waals surface area (Å²) in [6.45, 7) is 3.11. The molecule has 1 aromatic carbocycles. The molecule has 1 saturated heterocycles. The van der Waals surface area contributed by atoms with Gasteiger partial charge < -0.3 is 15.5 Å². The summed E-state index contributed by atoms with van der Waals surface area (Å²) in [4.78, 5) is 19.4. The Balaban J connectivity index is 1.50. The van der Waals surface area contributed by atoms with E-state index in [2.05, 4.69) is 20.5 Å². The highest BCUT2D eigenvalue weighted by Gasteiger charge is 2.18. The Morgan fingerprint density at radius 3 is 2.79 bits per heavy atom. The van der Waals surface area contributed by atoms with Crippen molar-refractivity contribution in [1.29, 1.82) is 0 Å². The second-order valence-electron chi connectivity index (χ2n) is 6.42. The Morgan fingerprint density at radius 1 is 1.12 bits per heavy atom. The number of pyridine rings is 1. The molecule has 0 bridgehead atoms. The molecule has 1 amide bonds. The first-order valence-electron chi connectivity index (χ1n) is 8.69. The lowest BCUT2D eigenvalue weighted by molar-refractivity contribution is 0.102. The Bertz CT molecular complexity index is 736. The van der Waals surface area contributed by atoms with E-state index in [-0.39, 0.29) is 5.91 Å². The van der Waals surface area contributed by atoms with E-state index in [1.165, 1.54) is 12.8 Å². The van der Waals surface area contributed by atoms with Gasteiger partial charge in [0.05, 0.1) is 11.9 Å². The van der Waals surface area contributed by atoms with Crippen molar-refractivity contribution in [3.05, 3.63) is 47.7 Å². The fourth-order valence-electron chi connectivity index (χ4n) is 3.51. The van der Waals surface area contributed by atoms with Crippen LogP contribution in [0.15, 0.2) is 36.5 Å². The molecule has 124 valence electrons. The van der Waals surface area contributed by atoms with Crippen molar-refractivity contribution in [3.63, 3.8) is 0 Å². The van der Waals surface area contributed by atoms with E-state index in [4.69, 9.17) is 0 Å². The molecule has 1 fully saturated rings. The number of nitrogens with zero attached hydrogens (tertiary/aromatic N) is 2. The molecule has 5 nitrogen and oxygen atoms in total. The van der Waals surface area contributed by atoms with Crippen LogP contribution in [0.25, 0.3) is 0 Å². The number of hydrogen-bond donors (Lipinski definition) is 2. The Morgan fingerprint density at radius 2 is 2.00 bits per heavy atom. The van der Waals surface area contributed by atoms with Crippen LogP contribution in [-0.2, 0) is 6.42 Å². The maximum absolute atomic E-state index is 12.7. The van der Waals surface area contributed by atoms with E-state index in [0.29, 0.717) is 0 Å². The summed E-state index contributed by atoms with van der Waals surface area (Å²) in [5.74, 6) is 0.929. The minimum absolute atomic E-state index is 0.0636. The van der Waals surface area contributed by atoms with Crippen LogP contribution < -0.4 is 15.5 Å². The quantitative estimate of drug-likeness (QED) is 0.910. The van der Waals surface area contributed by atoms with Crippen molar-refractivity contribution < 1.29 is 4.79 Å². The van der Waals surface area contributed by atoms with Gasteiger partial charge in [-0.1, -0.05) is 6.07 Å². The van der Waals surface area contributed by atoms with Crippen LogP contribution in [-0.4, -0.2) is 30.5 Å². The van der Waals surface area contributed by atoms with E-state index in [1.807, 2.05) is 30.3 Å². The third kappa shape index (κ3) is 2.94. The minimum Gasteiger partial charge on any atom is -0.385 e. The van der Waals surface area contributed by atoms with Crippen molar-refractivity contribution in [2.75, 3.05) is 35.2 Å². The number of nitrogens with one attached hydrogen (secondary N) is 2. The van der Waals surface area contributed by atoms with Crippen LogP contribution in [0.3, 0.4) is 0 Å². The summed E-state index contributed by atoms with van der Waals surface area (Å²) in [5.41, 5.74) is 3.69. The standard InChI is InChI=1S/C19H22N4O/c24-19(16-5-3-7-17-15(16)6-4-10-20-17)22-14-8-9-18(21-13-14)23-11-1-2-12-23/h3,5,7-9,13,20H,1-2,4,6,10-12H2,(H,22,24). The highest BCUT2D eigenvalue weighted by atomic mass is 16.1. The lowest BCUT2D eigenvalue weighted by Crippen LogP contribution is -2.20. The molecule has 2 N–H and O–H groups in total. The highest BCUT2D eigenvalue weighted by molar-refractivity contribution is 6.06. The zero-order chi connectivity index (χ0) is 16.4. The van der Waals surface area contributed by atoms with Crippen LogP contribution in [0, 0.1) is 0 Å². The molecule has 2 aliphatic heterocycles. The van der Waals surface area contributed by atoms with Crippen LogP contribution in [0.5, 0.6) is 0 Å².